The number of hydrogen-bond donors (Lipinski definition) is 0. The van der Waals surface area contributed by atoms with Gasteiger partial charge in [-0.2, -0.15) is 0 Å². The lowest BCUT2D eigenvalue weighted by molar-refractivity contribution is -0.876. The van der Waals surface area contributed by atoms with Gasteiger partial charge in [0.15, 0.2) is 0 Å². The summed E-state index contributed by atoms with van der Waals surface area (Å²) in [5, 5.41) is 14.5. The number of nitrogens with zero attached hydrogens (tertiary/aromatic N) is 2. The fourth-order valence-electron chi connectivity index (χ4n) is 4.93. The van der Waals surface area contributed by atoms with E-state index >= 15 is 0 Å². The summed E-state index contributed by atoms with van der Waals surface area (Å²) >= 11 is 6.03. The highest BCUT2D eigenvalue weighted by molar-refractivity contribution is 6.30. The van der Waals surface area contributed by atoms with Crippen molar-refractivity contribution in [1.82, 2.24) is 4.90 Å². The zero-order valence-electron chi connectivity index (χ0n) is 19.8. The Hall–Kier alpha value is -2.92. The molecule has 1 amide bonds. The number of amides is 1. The largest absolute Gasteiger partial charge is 0.633 e. The molecule has 1 aliphatic heterocycles. The number of carbonyl (C=O) groups excluding carboxylic acids is 1. The maximum atomic E-state index is 13.8. The Balaban J connectivity index is 1.65. The Morgan fingerprint density at radius 1 is 0.941 bits per heavy atom. The molecule has 3 aromatic rings. The fraction of sp³-hybridized carbons (Fsp3) is 0.276. The molecule has 0 bridgehead atoms. The van der Waals surface area contributed by atoms with Gasteiger partial charge in [-0.25, -0.2) is 0 Å². The molecule has 0 N–H and O–H groups in total. The Kier molecular flexibility index (Phi) is 7.22. The third kappa shape index (κ3) is 4.95. The second kappa shape index (κ2) is 10.1. The van der Waals surface area contributed by atoms with Crippen LogP contribution in [0.3, 0.4) is 0 Å². The summed E-state index contributed by atoms with van der Waals surface area (Å²) in [6, 6.07) is 27.5. The average Bonchev–Trinajstić information content (AvgIpc) is 2.87. The molecular weight excluding hydrogens is 444 g/mol. The van der Waals surface area contributed by atoms with Crippen molar-refractivity contribution >= 4 is 23.1 Å². The summed E-state index contributed by atoms with van der Waals surface area (Å²) in [6.45, 7) is 1.24. The van der Waals surface area contributed by atoms with Gasteiger partial charge in [0.2, 0.25) is 5.91 Å². The molecule has 4 rings (SSSR count). The van der Waals surface area contributed by atoms with Gasteiger partial charge in [0.05, 0.1) is 19.6 Å². The highest BCUT2D eigenvalue weighted by Crippen LogP contribution is 2.39. The summed E-state index contributed by atoms with van der Waals surface area (Å²) in [4.78, 5) is 15.4. The van der Waals surface area contributed by atoms with Gasteiger partial charge in [-0.3, -0.25) is 4.79 Å². The lowest BCUT2D eigenvalue weighted by Crippen LogP contribution is -2.51. The third-order valence-corrected chi connectivity index (χ3v) is 7.12. The first-order valence-electron chi connectivity index (χ1n) is 11.7. The van der Waals surface area contributed by atoms with Crippen LogP contribution in [0.5, 0.6) is 0 Å². The predicted octanol–water partition coefficient (Wildman–Crippen LogP) is 5.91. The molecule has 1 aliphatic rings. The van der Waals surface area contributed by atoms with E-state index in [0.29, 0.717) is 37.5 Å². The van der Waals surface area contributed by atoms with E-state index in [-0.39, 0.29) is 10.6 Å². The Morgan fingerprint density at radius 2 is 1.50 bits per heavy atom. The zero-order chi connectivity index (χ0) is 24.2. The standard InChI is InChI=1S/C29H31ClN2O2/c1-31(2)28(33)29(25-9-5-3-6-10-25,26-11-7-4-8-12-26)19-22-32(34)20-17-24(18-21-32)23-13-15-27(30)16-14-23/h3-17H,18-22H2,1-2H3. The van der Waals surface area contributed by atoms with Crippen molar-refractivity contribution in [2.24, 2.45) is 0 Å². The maximum absolute atomic E-state index is 13.8. The van der Waals surface area contributed by atoms with E-state index in [4.69, 9.17) is 11.6 Å². The molecule has 5 heteroatoms. The third-order valence-electron chi connectivity index (χ3n) is 6.87. The van der Waals surface area contributed by atoms with Crippen LogP contribution >= 0.6 is 11.6 Å². The van der Waals surface area contributed by atoms with E-state index in [9.17, 15) is 10.0 Å². The normalized spacial score (nSPS) is 18.3. The van der Waals surface area contributed by atoms with Crippen molar-refractivity contribution in [3.63, 3.8) is 0 Å². The van der Waals surface area contributed by atoms with Crippen LogP contribution in [0.2, 0.25) is 5.02 Å². The molecule has 1 unspecified atom stereocenters. The molecule has 1 atom stereocenters. The number of hydroxylamine groups is 3. The minimum atomic E-state index is -0.915. The first-order chi connectivity index (χ1) is 16.3. The minimum absolute atomic E-state index is 0.00842. The van der Waals surface area contributed by atoms with Gasteiger partial charge >= 0.3 is 0 Å². The van der Waals surface area contributed by atoms with Crippen LogP contribution in [0.15, 0.2) is 91.0 Å². The van der Waals surface area contributed by atoms with E-state index in [0.717, 1.165) is 16.7 Å². The van der Waals surface area contributed by atoms with Crippen LogP contribution < -0.4 is 0 Å². The first-order valence-corrected chi connectivity index (χ1v) is 12.1. The lowest BCUT2D eigenvalue weighted by Gasteiger charge is -2.47. The molecule has 0 spiro atoms. The first kappa shape index (κ1) is 24.2. The molecule has 176 valence electrons. The molecule has 0 saturated carbocycles. The highest BCUT2D eigenvalue weighted by Gasteiger charge is 2.44. The average molecular weight is 475 g/mol. The number of halogens is 1. The quantitative estimate of drug-likeness (QED) is 0.316. The summed E-state index contributed by atoms with van der Waals surface area (Å²) in [6.07, 6.45) is 3.20. The molecule has 0 aromatic heterocycles. The molecule has 1 heterocycles. The maximum Gasteiger partial charge on any atom is 0.237 e. The molecule has 0 fully saturated rings. The zero-order valence-corrected chi connectivity index (χ0v) is 20.5. The molecule has 0 aliphatic carbocycles. The number of carbonyl (C=O) groups is 1. The molecule has 0 saturated heterocycles. The van der Waals surface area contributed by atoms with Crippen LogP contribution in [-0.2, 0) is 10.2 Å². The molecule has 34 heavy (non-hydrogen) atoms. The van der Waals surface area contributed by atoms with Gasteiger partial charge < -0.3 is 14.8 Å². The number of rotatable bonds is 7. The van der Waals surface area contributed by atoms with Crippen LogP contribution in [0.4, 0.5) is 0 Å². The number of benzene rings is 3. The summed E-state index contributed by atoms with van der Waals surface area (Å²) in [7, 11) is 3.57. The topological polar surface area (TPSA) is 43.4 Å². The van der Waals surface area contributed by atoms with Crippen molar-refractivity contribution in [2.75, 3.05) is 33.7 Å². The Bertz CT molecular complexity index is 1100. The van der Waals surface area contributed by atoms with E-state index in [1.807, 2.05) is 84.9 Å². The Morgan fingerprint density at radius 3 is 1.97 bits per heavy atom. The van der Waals surface area contributed by atoms with Crippen molar-refractivity contribution in [3.05, 3.63) is 118 Å². The van der Waals surface area contributed by atoms with Crippen LogP contribution in [0.25, 0.3) is 5.57 Å². The number of quaternary nitrogens is 1. The monoisotopic (exact) mass is 474 g/mol. The van der Waals surface area contributed by atoms with Crippen LogP contribution in [-0.4, -0.2) is 49.2 Å². The summed E-state index contributed by atoms with van der Waals surface area (Å²) < 4.78 is -0.334. The van der Waals surface area contributed by atoms with Gasteiger partial charge in [0.25, 0.3) is 0 Å². The predicted molar refractivity (Wildman–Crippen MR) is 139 cm³/mol. The second-order valence-corrected chi connectivity index (χ2v) is 9.70. The smallest absolute Gasteiger partial charge is 0.237 e. The van der Waals surface area contributed by atoms with Crippen LogP contribution in [0.1, 0.15) is 29.5 Å². The Labute approximate surface area is 207 Å². The molecule has 3 aromatic carbocycles. The van der Waals surface area contributed by atoms with Gasteiger partial charge in [-0.1, -0.05) is 84.4 Å². The molecule has 4 nitrogen and oxygen atoms in total. The van der Waals surface area contributed by atoms with Crippen molar-refractivity contribution in [3.8, 4) is 0 Å². The van der Waals surface area contributed by atoms with Gasteiger partial charge in [0.1, 0.15) is 5.41 Å². The highest BCUT2D eigenvalue weighted by atomic mass is 35.5. The van der Waals surface area contributed by atoms with E-state index < -0.39 is 5.41 Å². The molecule has 0 radical (unpaired) electrons. The minimum Gasteiger partial charge on any atom is -0.633 e. The van der Waals surface area contributed by atoms with Gasteiger partial charge in [-0.15, -0.1) is 0 Å². The number of hydrogen-bond acceptors (Lipinski definition) is 2. The van der Waals surface area contributed by atoms with E-state index in [1.54, 1.807) is 19.0 Å². The number of likely N-dealkylation sites (N-methyl/N-ethyl adjacent to an activating group) is 1. The second-order valence-electron chi connectivity index (χ2n) is 9.26. The SMILES string of the molecule is CN(C)C(=O)C(CC[N+]1([O-])CC=C(c2ccc(Cl)cc2)CC1)(c1ccccc1)c1ccccc1. The molecular formula is C29H31ClN2O2. The summed E-state index contributed by atoms with van der Waals surface area (Å²) in [5.41, 5.74) is 3.22. The van der Waals surface area contributed by atoms with Crippen molar-refractivity contribution in [2.45, 2.75) is 18.3 Å². The fourth-order valence-corrected chi connectivity index (χ4v) is 5.06. The van der Waals surface area contributed by atoms with Gasteiger partial charge in [0, 0.05) is 32.0 Å². The van der Waals surface area contributed by atoms with Crippen LogP contribution in [0, 0.1) is 5.21 Å². The lowest BCUT2D eigenvalue weighted by atomic mass is 9.70. The van der Waals surface area contributed by atoms with Crippen molar-refractivity contribution < 1.29 is 9.44 Å². The van der Waals surface area contributed by atoms with E-state index in [1.165, 1.54) is 5.57 Å². The summed E-state index contributed by atoms with van der Waals surface area (Å²) in [5.74, 6) is -0.00842. The van der Waals surface area contributed by atoms with E-state index in [2.05, 4.69) is 6.08 Å². The van der Waals surface area contributed by atoms with Gasteiger partial charge in [-0.05, 0) is 40.5 Å². The van der Waals surface area contributed by atoms with Crippen molar-refractivity contribution in [1.29, 1.82) is 0 Å².